The Kier molecular flexibility index (Phi) is 6.06. The smallest absolute Gasteiger partial charge is 0.243 e. The molecule has 0 aliphatic rings. The first-order valence-electron chi connectivity index (χ1n) is 9.08. The fourth-order valence-electron chi connectivity index (χ4n) is 2.89. The fraction of sp³-hybridized carbons (Fsp3) is 0.286. The van der Waals surface area contributed by atoms with Crippen LogP contribution in [0.5, 0.6) is 0 Å². The highest BCUT2D eigenvalue weighted by molar-refractivity contribution is 7.22. The molecule has 0 bridgehead atoms. The van der Waals surface area contributed by atoms with E-state index in [9.17, 15) is 9.59 Å². The van der Waals surface area contributed by atoms with E-state index < -0.39 is 6.04 Å². The number of benzene rings is 2. The maximum absolute atomic E-state index is 12.6. The first-order valence-corrected chi connectivity index (χ1v) is 9.89. The lowest BCUT2D eigenvalue weighted by molar-refractivity contribution is -0.122. The largest absolute Gasteiger partial charge is 0.324 e. The highest BCUT2D eigenvalue weighted by atomic mass is 32.1. The van der Waals surface area contributed by atoms with Gasteiger partial charge in [-0.2, -0.15) is 0 Å². The second kappa shape index (κ2) is 8.50. The molecule has 0 saturated heterocycles. The summed E-state index contributed by atoms with van der Waals surface area (Å²) in [6.07, 6.45) is 0. The lowest BCUT2D eigenvalue weighted by Gasteiger charge is -2.23. The Hall–Kier alpha value is -2.77. The number of carbonyl (C=O) groups excluding carboxylic acids is 2. The van der Waals surface area contributed by atoms with Crippen LogP contribution in [-0.2, 0) is 9.59 Å². The molecule has 0 fully saturated rings. The summed E-state index contributed by atoms with van der Waals surface area (Å²) in [4.78, 5) is 31.1. The van der Waals surface area contributed by atoms with E-state index in [1.54, 1.807) is 18.9 Å². The van der Waals surface area contributed by atoms with Crippen molar-refractivity contribution in [1.29, 1.82) is 0 Å². The van der Waals surface area contributed by atoms with Gasteiger partial charge in [0.25, 0.3) is 0 Å². The number of amides is 2. The number of nitrogens with one attached hydrogen (secondary N) is 2. The van der Waals surface area contributed by atoms with E-state index in [0.717, 1.165) is 27.0 Å². The van der Waals surface area contributed by atoms with Crippen LogP contribution in [0, 0.1) is 13.8 Å². The molecular weight excluding hydrogens is 372 g/mol. The SMILES string of the molecule is Cc1cccc(C)c1NC(=O)CN(C)C(C)C(=O)Nc1nc2ccccc2s1. The summed E-state index contributed by atoms with van der Waals surface area (Å²) in [5, 5.41) is 6.36. The van der Waals surface area contributed by atoms with Crippen molar-refractivity contribution in [2.75, 3.05) is 24.2 Å². The molecule has 1 atom stereocenters. The number of aromatic nitrogens is 1. The highest BCUT2D eigenvalue weighted by Gasteiger charge is 2.21. The third-order valence-corrected chi connectivity index (χ3v) is 5.66. The van der Waals surface area contributed by atoms with Crippen LogP contribution >= 0.6 is 11.3 Å². The standard InChI is InChI=1S/C21H24N4O2S/c1-13-8-7-9-14(2)19(13)23-18(26)12-25(4)15(3)20(27)24-21-22-16-10-5-6-11-17(16)28-21/h5-11,15H,12H2,1-4H3,(H,23,26)(H,22,24,27). The van der Waals surface area contributed by atoms with Gasteiger partial charge in [0.2, 0.25) is 11.8 Å². The Balaban J connectivity index is 1.59. The number of aryl methyl sites for hydroxylation is 2. The summed E-state index contributed by atoms with van der Waals surface area (Å²) in [6, 6.07) is 13.1. The second-order valence-electron chi connectivity index (χ2n) is 6.88. The van der Waals surface area contributed by atoms with Crippen molar-refractivity contribution < 1.29 is 9.59 Å². The number of thiazole rings is 1. The number of rotatable bonds is 6. The van der Waals surface area contributed by atoms with Gasteiger partial charge in [-0.15, -0.1) is 0 Å². The van der Waals surface area contributed by atoms with Crippen LogP contribution in [0.4, 0.5) is 10.8 Å². The number of carbonyl (C=O) groups is 2. The molecule has 1 aromatic heterocycles. The zero-order valence-electron chi connectivity index (χ0n) is 16.4. The minimum atomic E-state index is -0.476. The third kappa shape index (κ3) is 4.55. The molecule has 2 aromatic carbocycles. The van der Waals surface area contributed by atoms with Crippen LogP contribution in [0.25, 0.3) is 10.2 Å². The number of para-hydroxylation sites is 2. The van der Waals surface area contributed by atoms with Gasteiger partial charge in [-0.25, -0.2) is 4.98 Å². The Bertz CT molecular complexity index is 961. The quantitative estimate of drug-likeness (QED) is 0.664. The van der Waals surface area contributed by atoms with Gasteiger partial charge in [-0.3, -0.25) is 14.5 Å². The summed E-state index contributed by atoms with van der Waals surface area (Å²) in [6.45, 7) is 5.80. The van der Waals surface area contributed by atoms with Gasteiger partial charge in [0.1, 0.15) is 0 Å². The van der Waals surface area contributed by atoms with Crippen LogP contribution in [0.1, 0.15) is 18.1 Å². The first-order chi connectivity index (χ1) is 13.3. The molecule has 7 heteroatoms. The van der Waals surface area contributed by atoms with E-state index >= 15 is 0 Å². The number of nitrogens with zero attached hydrogens (tertiary/aromatic N) is 2. The average molecular weight is 397 g/mol. The molecule has 2 amide bonds. The monoisotopic (exact) mass is 396 g/mol. The summed E-state index contributed by atoms with van der Waals surface area (Å²) in [5.74, 6) is -0.346. The molecular formula is C21H24N4O2S. The van der Waals surface area contributed by atoms with Crippen molar-refractivity contribution >= 4 is 44.2 Å². The van der Waals surface area contributed by atoms with Crippen molar-refractivity contribution in [3.63, 3.8) is 0 Å². The minimum absolute atomic E-state index is 0.113. The topological polar surface area (TPSA) is 74.3 Å². The maximum Gasteiger partial charge on any atom is 0.243 e. The van der Waals surface area contributed by atoms with E-state index in [1.165, 1.54) is 11.3 Å². The Morgan fingerprint density at radius 1 is 1.07 bits per heavy atom. The van der Waals surface area contributed by atoms with Gasteiger partial charge in [0.15, 0.2) is 5.13 Å². The molecule has 1 unspecified atom stereocenters. The van der Waals surface area contributed by atoms with Crippen molar-refractivity contribution in [3.8, 4) is 0 Å². The molecule has 0 radical (unpaired) electrons. The molecule has 146 valence electrons. The van der Waals surface area contributed by atoms with Gasteiger partial charge in [0, 0.05) is 5.69 Å². The van der Waals surface area contributed by atoms with Gasteiger partial charge in [0.05, 0.1) is 22.8 Å². The molecule has 28 heavy (non-hydrogen) atoms. The number of hydrogen-bond acceptors (Lipinski definition) is 5. The lowest BCUT2D eigenvalue weighted by Crippen LogP contribution is -2.43. The second-order valence-corrected chi connectivity index (χ2v) is 7.91. The average Bonchev–Trinajstić information content (AvgIpc) is 3.06. The molecule has 3 aromatic rings. The normalized spacial score (nSPS) is 12.2. The molecule has 0 spiro atoms. The Morgan fingerprint density at radius 3 is 2.43 bits per heavy atom. The number of likely N-dealkylation sites (N-methyl/N-ethyl adjacent to an activating group) is 1. The Labute approximate surface area is 168 Å². The molecule has 0 aliphatic carbocycles. The van der Waals surface area contributed by atoms with E-state index in [-0.39, 0.29) is 18.4 Å². The Morgan fingerprint density at radius 2 is 1.75 bits per heavy atom. The molecule has 0 saturated carbocycles. The van der Waals surface area contributed by atoms with Crippen molar-refractivity contribution in [2.45, 2.75) is 26.8 Å². The zero-order valence-corrected chi connectivity index (χ0v) is 17.3. The highest BCUT2D eigenvalue weighted by Crippen LogP contribution is 2.25. The molecule has 6 nitrogen and oxygen atoms in total. The summed E-state index contributed by atoms with van der Waals surface area (Å²) < 4.78 is 1.02. The van der Waals surface area contributed by atoms with Crippen LogP contribution < -0.4 is 10.6 Å². The van der Waals surface area contributed by atoms with Crippen LogP contribution in [0.3, 0.4) is 0 Å². The lowest BCUT2D eigenvalue weighted by atomic mass is 10.1. The first kappa shape index (κ1) is 20.0. The van der Waals surface area contributed by atoms with Gasteiger partial charge < -0.3 is 10.6 Å². The van der Waals surface area contributed by atoms with E-state index in [1.807, 2.05) is 56.3 Å². The van der Waals surface area contributed by atoms with E-state index in [2.05, 4.69) is 15.6 Å². The van der Waals surface area contributed by atoms with Gasteiger partial charge >= 0.3 is 0 Å². The zero-order chi connectivity index (χ0) is 20.3. The van der Waals surface area contributed by atoms with E-state index in [4.69, 9.17) is 0 Å². The minimum Gasteiger partial charge on any atom is -0.324 e. The predicted octanol–water partition coefficient (Wildman–Crippen LogP) is 3.81. The molecule has 2 N–H and O–H groups in total. The van der Waals surface area contributed by atoms with Crippen LogP contribution in [0.15, 0.2) is 42.5 Å². The molecule has 0 aliphatic heterocycles. The van der Waals surface area contributed by atoms with Gasteiger partial charge in [-0.05, 0) is 51.1 Å². The number of anilines is 2. The molecule has 3 rings (SSSR count). The third-order valence-electron chi connectivity index (χ3n) is 4.70. The fourth-order valence-corrected chi connectivity index (χ4v) is 3.76. The summed E-state index contributed by atoms with van der Waals surface area (Å²) >= 11 is 1.43. The number of fused-ring (bicyclic) bond motifs is 1. The van der Waals surface area contributed by atoms with Crippen molar-refractivity contribution in [1.82, 2.24) is 9.88 Å². The predicted molar refractivity (Wildman–Crippen MR) is 115 cm³/mol. The summed E-state index contributed by atoms with van der Waals surface area (Å²) in [7, 11) is 1.76. The summed E-state index contributed by atoms with van der Waals surface area (Å²) in [5.41, 5.74) is 3.71. The maximum atomic E-state index is 12.6. The van der Waals surface area contributed by atoms with E-state index in [0.29, 0.717) is 5.13 Å². The van der Waals surface area contributed by atoms with Crippen molar-refractivity contribution in [3.05, 3.63) is 53.6 Å². The van der Waals surface area contributed by atoms with Crippen LogP contribution in [0.2, 0.25) is 0 Å². The van der Waals surface area contributed by atoms with Crippen molar-refractivity contribution in [2.24, 2.45) is 0 Å². The molecule has 1 heterocycles. The number of hydrogen-bond donors (Lipinski definition) is 2. The van der Waals surface area contributed by atoms with Crippen LogP contribution in [-0.4, -0.2) is 41.3 Å². The van der Waals surface area contributed by atoms with Gasteiger partial charge in [-0.1, -0.05) is 41.7 Å².